The Hall–Kier alpha value is -9.48. The molecule has 0 aliphatic heterocycles. The van der Waals surface area contributed by atoms with Gasteiger partial charge in [0.25, 0.3) is 0 Å². The first-order chi connectivity index (χ1) is 41.9. The largest absolute Gasteiger partial charge is 0.490 e. The van der Waals surface area contributed by atoms with Crippen LogP contribution in [0.3, 0.4) is 0 Å². The number of esters is 4. The van der Waals surface area contributed by atoms with Gasteiger partial charge in [0.1, 0.15) is 102 Å². The zero-order valence-electron chi connectivity index (χ0n) is 51.3. The Morgan fingerprint density at radius 3 is 0.750 bits per heavy atom. The van der Waals surface area contributed by atoms with Gasteiger partial charge in [-0.25, -0.2) is 28.8 Å². The van der Waals surface area contributed by atoms with E-state index < -0.39 is 59.0 Å². The van der Waals surface area contributed by atoms with Crippen LogP contribution < -0.4 is 40.2 Å². The van der Waals surface area contributed by atoms with Crippen LogP contribution in [0.15, 0.2) is 121 Å². The molecule has 24 nitrogen and oxygen atoms in total. The summed E-state index contributed by atoms with van der Waals surface area (Å²) in [5.41, 5.74) is 2.62. The van der Waals surface area contributed by atoms with E-state index in [1.165, 1.54) is 13.8 Å². The molecule has 4 rings (SSSR count). The van der Waals surface area contributed by atoms with Crippen LogP contribution in [0.1, 0.15) is 89.5 Å². The average molecular weight is 1230 g/mol. The summed E-state index contributed by atoms with van der Waals surface area (Å²) in [4.78, 5) is 96.4. The summed E-state index contributed by atoms with van der Waals surface area (Å²) in [6.07, 6.45) is -2.82. The molecule has 0 aliphatic carbocycles. The normalized spacial score (nSPS) is 11.6. The van der Waals surface area contributed by atoms with Crippen LogP contribution in [0.2, 0.25) is 0 Å². The molecule has 0 bridgehead atoms. The van der Waals surface area contributed by atoms with E-state index in [9.17, 15) is 38.4 Å². The maximum atomic E-state index is 12.3. The van der Waals surface area contributed by atoms with E-state index >= 15 is 0 Å². The van der Waals surface area contributed by atoms with Crippen LogP contribution in [0.25, 0.3) is 0 Å². The monoisotopic (exact) mass is 1230 g/mol. The van der Waals surface area contributed by atoms with E-state index in [-0.39, 0.29) is 129 Å². The molecule has 0 fully saturated rings. The molecule has 24 heteroatoms. The van der Waals surface area contributed by atoms with Crippen molar-refractivity contribution in [1.82, 2.24) is 21.3 Å². The molecule has 0 saturated heterocycles. The number of alkyl carbamates (subject to hydrolysis) is 4. The maximum absolute atomic E-state index is 12.3. The SMILES string of the molecule is C=C(C)C(=O)OCCNC(=O)OCCOc1ccc(C(c2ccc(OCCOC(=O)NCCOC(=O)C(C)(C)C)cc2)C(c2ccc(OCCOC(=O)NCCOC(=O)C(=C)C)cc2)c2ccc(OCCOC(=O)NCCOC(=O)C(C)(C)C)cc2)cc1. The van der Waals surface area contributed by atoms with Crippen molar-refractivity contribution < 1.29 is 95.2 Å². The zero-order chi connectivity index (χ0) is 64.5. The summed E-state index contributed by atoms with van der Waals surface area (Å²) < 4.78 is 65.2. The highest BCUT2D eigenvalue weighted by Crippen LogP contribution is 2.44. The van der Waals surface area contributed by atoms with Gasteiger partial charge < -0.3 is 78.1 Å². The number of benzene rings is 4. The topological polar surface area (TPSA) is 295 Å². The molecule has 0 radical (unpaired) electrons. The van der Waals surface area contributed by atoms with Gasteiger partial charge in [-0.3, -0.25) is 9.59 Å². The number of hydrogen-bond donors (Lipinski definition) is 4. The van der Waals surface area contributed by atoms with Gasteiger partial charge in [-0.15, -0.1) is 0 Å². The smallest absolute Gasteiger partial charge is 0.407 e. The van der Waals surface area contributed by atoms with Crippen LogP contribution in [0, 0.1) is 10.8 Å². The molecular weight excluding hydrogens is 1140 g/mol. The fraction of sp³-hybridized carbons (Fsp3) is 0.438. The lowest BCUT2D eigenvalue weighted by molar-refractivity contribution is -0.153. The summed E-state index contributed by atoms with van der Waals surface area (Å²) in [5, 5.41) is 10.1. The van der Waals surface area contributed by atoms with Gasteiger partial charge in [-0.1, -0.05) is 61.7 Å². The number of amides is 4. The van der Waals surface area contributed by atoms with Gasteiger partial charge in [0, 0.05) is 23.0 Å². The minimum Gasteiger partial charge on any atom is -0.490 e. The van der Waals surface area contributed by atoms with Gasteiger partial charge in [0.05, 0.1) is 37.0 Å². The van der Waals surface area contributed by atoms with E-state index in [2.05, 4.69) is 34.4 Å². The van der Waals surface area contributed by atoms with Crippen LogP contribution in [0.5, 0.6) is 23.0 Å². The summed E-state index contributed by atoms with van der Waals surface area (Å²) in [6, 6.07) is 29.9. The molecule has 0 spiro atoms. The first-order valence-corrected chi connectivity index (χ1v) is 28.4. The predicted octanol–water partition coefficient (Wildman–Crippen LogP) is 8.49. The molecule has 2 unspecified atom stereocenters. The Labute approximate surface area is 513 Å². The maximum Gasteiger partial charge on any atom is 0.407 e. The Balaban J connectivity index is 1.55. The quantitative estimate of drug-likeness (QED) is 0.0145. The van der Waals surface area contributed by atoms with Crippen molar-refractivity contribution in [3.63, 3.8) is 0 Å². The fourth-order valence-corrected chi connectivity index (χ4v) is 7.49. The molecule has 4 N–H and O–H groups in total. The lowest BCUT2D eigenvalue weighted by Crippen LogP contribution is -2.31. The van der Waals surface area contributed by atoms with Gasteiger partial charge >= 0.3 is 48.3 Å². The Kier molecular flexibility index (Phi) is 30.0. The van der Waals surface area contributed by atoms with Gasteiger partial charge in [-0.2, -0.15) is 0 Å². The second-order valence-corrected chi connectivity index (χ2v) is 21.5. The minimum absolute atomic E-state index is 0.00754. The first kappa shape index (κ1) is 71.0. The molecule has 4 aromatic rings. The highest BCUT2D eigenvalue weighted by atomic mass is 16.6. The molecule has 88 heavy (non-hydrogen) atoms. The molecule has 0 aromatic heterocycles. The highest BCUT2D eigenvalue weighted by molar-refractivity contribution is 5.87. The van der Waals surface area contributed by atoms with Crippen LogP contribution in [0.4, 0.5) is 19.2 Å². The summed E-state index contributed by atoms with van der Waals surface area (Å²) in [5.74, 6) is -0.730. The fourth-order valence-electron chi connectivity index (χ4n) is 7.49. The third-order valence-electron chi connectivity index (χ3n) is 12.0. The molecule has 0 aliphatic rings. The highest BCUT2D eigenvalue weighted by Gasteiger charge is 2.30. The van der Waals surface area contributed by atoms with E-state index in [1.54, 1.807) is 65.8 Å². The second kappa shape index (κ2) is 37.2. The molecule has 0 saturated carbocycles. The summed E-state index contributed by atoms with van der Waals surface area (Å²) in [6.45, 7) is 20.4. The van der Waals surface area contributed by atoms with Crippen molar-refractivity contribution in [1.29, 1.82) is 0 Å². The van der Waals surface area contributed by atoms with Gasteiger partial charge in [-0.05, 0) is 126 Å². The second-order valence-electron chi connectivity index (χ2n) is 21.5. The predicted molar refractivity (Wildman–Crippen MR) is 321 cm³/mol. The molecule has 478 valence electrons. The number of hydrogen-bond acceptors (Lipinski definition) is 20. The minimum atomic E-state index is -0.712. The van der Waals surface area contributed by atoms with E-state index in [4.69, 9.17) is 56.8 Å². The summed E-state index contributed by atoms with van der Waals surface area (Å²) in [7, 11) is 0. The number of carbonyl (C=O) groups excluding carboxylic acids is 8. The van der Waals surface area contributed by atoms with Crippen LogP contribution in [-0.2, 0) is 57.1 Å². The lowest BCUT2D eigenvalue weighted by atomic mass is 9.73. The third kappa shape index (κ3) is 27.3. The van der Waals surface area contributed by atoms with Crippen molar-refractivity contribution in [3.05, 3.63) is 144 Å². The van der Waals surface area contributed by atoms with E-state index in [0.29, 0.717) is 23.0 Å². The van der Waals surface area contributed by atoms with Crippen LogP contribution >= 0.6 is 0 Å². The van der Waals surface area contributed by atoms with E-state index in [0.717, 1.165) is 22.3 Å². The Bertz CT molecular complexity index is 2700. The number of carbonyl (C=O) groups is 8. The van der Waals surface area contributed by atoms with Crippen molar-refractivity contribution in [2.75, 3.05) is 105 Å². The van der Waals surface area contributed by atoms with Gasteiger partial charge in [0.15, 0.2) is 0 Å². The van der Waals surface area contributed by atoms with E-state index in [1.807, 2.05) is 72.8 Å². The Morgan fingerprint density at radius 2 is 0.545 bits per heavy atom. The zero-order valence-corrected chi connectivity index (χ0v) is 51.3. The molecule has 4 aromatic carbocycles. The average Bonchev–Trinajstić information content (AvgIpc) is 2.06. The third-order valence-corrected chi connectivity index (χ3v) is 12.0. The van der Waals surface area contributed by atoms with Crippen LogP contribution in [-0.4, -0.2) is 154 Å². The number of ether oxygens (including phenoxy) is 12. The van der Waals surface area contributed by atoms with Crippen molar-refractivity contribution in [2.45, 2.75) is 67.2 Å². The van der Waals surface area contributed by atoms with Crippen molar-refractivity contribution in [2.24, 2.45) is 10.8 Å². The number of nitrogens with one attached hydrogen (secondary N) is 4. The summed E-state index contributed by atoms with van der Waals surface area (Å²) >= 11 is 0. The molecular formula is C64H82N4O20. The van der Waals surface area contributed by atoms with Gasteiger partial charge in [0.2, 0.25) is 0 Å². The first-order valence-electron chi connectivity index (χ1n) is 28.4. The lowest BCUT2D eigenvalue weighted by Gasteiger charge is -2.30. The van der Waals surface area contributed by atoms with Crippen molar-refractivity contribution >= 4 is 48.3 Å². The molecule has 4 amide bonds. The number of rotatable bonds is 35. The van der Waals surface area contributed by atoms with Crippen molar-refractivity contribution in [3.8, 4) is 23.0 Å². The molecule has 2 atom stereocenters. The molecule has 0 heterocycles. The Morgan fingerprint density at radius 1 is 0.330 bits per heavy atom. The standard InChI is InChI=1S/C64H82N4O20/c1-43(2)55(69)81-31-27-65-59(73)85-39-35-77-49-19-11-45(12-20-49)53(47-15-23-51(24-16-47)79-37-41-87-61(75)67-29-33-83-57(71)63(5,6)7)54(46-13-21-50(22-14-46)78-36-40-86-60(74)66-28-32-82-56(70)44(3)4)48-17-25-52(26-18-48)80-38-42-88-62(76)68-30-34-84-58(72)64(8,9)10/h11-26,53-54H,1,3,27-42H2,2,4-10H3,(H,65,73)(H,66,74)(H,67,75)(H,68,76).